The Bertz CT molecular complexity index is 870. The maximum atomic E-state index is 12.5. The summed E-state index contributed by atoms with van der Waals surface area (Å²) in [7, 11) is 0. The van der Waals surface area contributed by atoms with Crippen molar-refractivity contribution in [3.63, 3.8) is 0 Å². The minimum Gasteiger partial charge on any atom is -0.456 e. The Morgan fingerprint density at radius 2 is 1.68 bits per heavy atom. The van der Waals surface area contributed by atoms with Gasteiger partial charge in [0.2, 0.25) is 11.8 Å². The second-order valence-electron chi connectivity index (χ2n) is 8.42. The Balaban J connectivity index is 1.21. The monoisotopic (exact) mass is 424 g/mol. The Hall–Kier alpha value is -2.96. The fourth-order valence-corrected chi connectivity index (χ4v) is 4.77. The molecular formula is C24H28N2O5. The summed E-state index contributed by atoms with van der Waals surface area (Å²) in [6.07, 6.45) is 6.14. The minimum absolute atomic E-state index is 0.0323. The molecule has 1 aromatic carbocycles. The van der Waals surface area contributed by atoms with Crippen LogP contribution in [-0.2, 0) is 23.9 Å². The van der Waals surface area contributed by atoms with E-state index >= 15 is 0 Å². The molecule has 7 nitrogen and oxygen atoms in total. The maximum absolute atomic E-state index is 12.5. The molecule has 7 heteroatoms. The largest absolute Gasteiger partial charge is 0.456 e. The average molecular weight is 424 g/mol. The molecule has 2 fully saturated rings. The Kier molecular flexibility index (Phi) is 6.49. The predicted molar refractivity (Wildman–Crippen MR) is 113 cm³/mol. The molecule has 0 spiro atoms. The molecule has 1 aromatic rings. The number of benzene rings is 1. The number of hydrogen-bond donors (Lipinski definition) is 0. The SMILES string of the molecule is O=C(CCN1C(=O)[C@H]2CCCC[C@@H]2C1=O)OCC(=O)N1CC=C(c2ccccc2)CC1. The predicted octanol–water partition coefficient (Wildman–Crippen LogP) is 2.41. The molecule has 0 aromatic heterocycles. The molecule has 2 aliphatic heterocycles. The van der Waals surface area contributed by atoms with Crippen LogP contribution in [0.3, 0.4) is 0 Å². The van der Waals surface area contributed by atoms with Gasteiger partial charge < -0.3 is 9.64 Å². The van der Waals surface area contributed by atoms with Crippen LogP contribution in [0.5, 0.6) is 0 Å². The molecule has 0 radical (unpaired) electrons. The molecule has 164 valence electrons. The molecule has 3 aliphatic rings. The number of esters is 1. The van der Waals surface area contributed by atoms with Crippen molar-refractivity contribution >= 4 is 29.3 Å². The number of fused-ring (bicyclic) bond motifs is 1. The summed E-state index contributed by atoms with van der Waals surface area (Å²) in [6, 6.07) is 10.1. The molecule has 1 saturated heterocycles. The smallest absolute Gasteiger partial charge is 0.308 e. The van der Waals surface area contributed by atoms with Gasteiger partial charge in [-0.05, 0) is 30.4 Å². The average Bonchev–Trinajstić information content (AvgIpc) is 3.06. The molecule has 2 heterocycles. The van der Waals surface area contributed by atoms with Gasteiger partial charge in [0.25, 0.3) is 5.91 Å². The van der Waals surface area contributed by atoms with Gasteiger partial charge in [0.05, 0.1) is 18.3 Å². The molecule has 1 saturated carbocycles. The van der Waals surface area contributed by atoms with Crippen molar-refractivity contribution in [2.45, 2.75) is 38.5 Å². The normalized spacial score (nSPS) is 23.4. The topological polar surface area (TPSA) is 84.0 Å². The lowest BCUT2D eigenvalue weighted by Crippen LogP contribution is -2.38. The van der Waals surface area contributed by atoms with E-state index in [2.05, 4.69) is 12.1 Å². The number of carbonyl (C=O) groups is 4. The van der Waals surface area contributed by atoms with Crippen LogP contribution >= 0.6 is 0 Å². The molecule has 4 rings (SSSR count). The zero-order chi connectivity index (χ0) is 21.8. The summed E-state index contributed by atoms with van der Waals surface area (Å²) >= 11 is 0. The number of carbonyl (C=O) groups excluding carboxylic acids is 4. The second kappa shape index (κ2) is 9.45. The zero-order valence-electron chi connectivity index (χ0n) is 17.6. The van der Waals surface area contributed by atoms with Crippen molar-refractivity contribution < 1.29 is 23.9 Å². The first-order chi connectivity index (χ1) is 15.0. The van der Waals surface area contributed by atoms with E-state index in [1.807, 2.05) is 24.3 Å². The third-order valence-electron chi connectivity index (χ3n) is 6.53. The summed E-state index contributed by atoms with van der Waals surface area (Å²) < 4.78 is 5.12. The lowest BCUT2D eigenvalue weighted by molar-refractivity contribution is -0.152. The van der Waals surface area contributed by atoms with E-state index in [1.54, 1.807) is 4.90 Å². The van der Waals surface area contributed by atoms with Crippen LogP contribution in [0.1, 0.15) is 44.1 Å². The Morgan fingerprint density at radius 1 is 1.00 bits per heavy atom. The van der Waals surface area contributed by atoms with Gasteiger partial charge in [-0.15, -0.1) is 0 Å². The van der Waals surface area contributed by atoms with Gasteiger partial charge in [0.15, 0.2) is 6.61 Å². The van der Waals surface area contributed by atoms with Crippen LogP contribution in [-0.4, -0.2) is 59.7 Å². The highest BCUT2D eigenvalue weighted by Gasteiger charge is 2.47. The van der Waals surface area contributed by atoms with Gasteiger partial charge in [-0.1, -0.05) is 49.2 Å². The van der Waals surface area contributed by atoms with E-state index in [0.717, 1.165) is 37.7 Å². The third kappa shape index (κ3) is 4.70. The number of rotatable bonds is 6. The van der Waals surface area contributed by atoms with Crippen LogP contribution in [0.25, 0.3) is 5.57 Å². The highest BCUT2D eigenvalue weighted by Crippen LogP contribution is 2.38. The van der Waals surface area contributed by atoms with Crippen molar-refractivity contribution in [1.29, 1.82) is 0 Å². The van der Waals surface area contributed by atoms with Crippen LogP contribution in [0, 0.1) is 11.8 Å². The van der Waals surface area contributed by atoms with Crippen LogP contribution in [0.15, 0.2) is 36.4 Å². The van der Waals surface area contributed by atoms with Crippen molar-refractivity contribution in [2.24, 2.45) is 11.8 Å². The highest BCUT2D eigenvalue weighted by atomic mass is 16.5. The summed E-state index contributed by atoms with van der Waals surface area (Å²) in [5.74, 6) is -1.56. The molecule has 0 N–H and O–H groups in total. The van der Waals surface area contributed by atoms with E-state index < -0.39 is 5.97 Å². The first-order valence-electron chi connectivity index (χ1n) is 11.1. The second-order valence-corrected chi connectivity index (χ2v) is 8.42. The number of amides is 3. The summed E-state index contributed by atoms with van der Waals surface area (Å²) in [5, 5.41) is 0. The molecule has 31 heavy (non-hydrogen) atoms. The fourth-order valence-electron chi connectivity index (χ4n) is 4.77. The van der Waals surface area contributed by atoms with E-state index in [4.69, 9.17) is 4.74 Å². The number of nitrogens with zero attached hydrogens (tertiary/aromatic N) is 2. The minimum atomic E-state index is -0.568. The number of hydrogen-bond acceptors (Lipinski definition) is 5. The van der Waals surface area contributed by atoms with E-state index in [9.17, 15) is 19.2 Å². The number of imide groups is 1. The zero-order valence-corrected chi connectivity index (χ0v) is 17.6. The van der Waals surface area contributed by atoms with E-state index in [0.29, 0.717) is 13.1 Å². The van der Waals surface area contributed by atoms with Crippen molar-refractivity contribution in [1.82, 2.24) is 9.80 Å². The third-order valence-corrected chi connectivity index (χ3v) is 6.53. The summed E-state index contributed by atoms with van der Waals surface area (Å²) in [5.41, 5.74) is 2.37. The van der Waals surface area contributed by atoms with Gasteiger partial charge in [-0.25, -0.2) is 0 Å². The van der Waals surface area contributed by atoms with Gasteiger partial charge in [-0.3, -0.25) is 24.1 Å². The van der Waals surface area contributed by atoms with Gasteiger partial charge in [0.1, 0.15) is 0 Å². The quantitative estimate of drug-likeness (QED) is 0.517. The van der Waals surface area contributed by atoms with E-state index in [1.165, 1.54) is 10.5 Å². The molecule has 3 amide bonds. The molecule has 0 unspecified atom stereocenters. The van der Waals surface area contributed by atoms with Crippen molar-refractivity contribution in [3.8, 4) is 0 Å². The van der Waals surface area contributed by atoms with E-state index in [-0.39, 0.29) is 49.1 Å². The fraction of sp³-hybridized carbons (Fsp3) is 0.500. The Morgan fingerprint density at radius 3 is 2.29 bits per heavy atom. The summed E-state index contributed by atoms with van der Waals surface area (Å²) in [6.45, 7) is 0.780. The molecule has 0 bridgehead atoms. The first kappa shape index (κ1) is 21.3. The van der Waals surface area contributed by atoms with Gasteiger partial charge in [-0.2, -0.15) is 0 Å². The van der Waals surface area contributed by atoms with Crippen LogP contribution in [0.2, 0.25) is 0 Å². The molecular weight excluding hydrogens is 396 g/mol. The van der Waals surface area contributed by atoms with Gasteiger partial charge in [0, 0.05) is 19.6 Å². The first-order valence-corrected chi connectivity index (χ1v) is 11.1. The number of ether oxygens (including phenoxy) is 1. The lowest BCUT2D eigenvalue weighted by atomic mass is 9.81. The highest BCUT2D eigenvalue weighted by molar-refractivity contribution is 6.05. The van der Waals surface area contributed by atoms with Crippen molar-refractivity contribution in [2.75, 3.05) is 26.2 Å². The van der Waals surface area contributed by atoms with Crippen LogP contribution < -0.4 is 0 Å². The number of likely N-dealkylation sites (tertiary alicyclic amines) is 1. The standard InChI is InChI=1S/C24H28N2O5/c27-21(25-13-10-18(11-14-25)17-6-2-1-3-7-17)16-31-22(28)12-15-26-23(29)19-8-4-5-9-20(19)24(26)30/h1-3,6-7,10,19-20H,4-5,8-9,11-16H2/t19-,20-/m0/s1. The summed E-state index contributed by atoms with van der Waals surface area (Å²) in [4.78, 5) is 52.3. The van der Waals surface area contributed by atoms with Crippen LogP contribution in [0.4, 0.5) is 0 Å². The van der Waals surface area contributed by atoms with Gasteiger partial charge >= 0.3 is 5.97 Å². The Labute approximate surface area is 182 Å². The maximum Gasteiger partial charge on any atom is 0.308 e. The molecule has 1 aliphatic carbocycles. The molecule has 2 atom stereocenters. The van der Waals surface area contributed by atoms with Crippen molar-refractivity contribution in [3.05, 3.63) is 42.0 Å². The lowest BCUT2D eigenvalue weighted by Gasteiger charge is -2.26.